The Hall–Kier alpha value is -1.86. The number of alkyl halides is 4. The first-order valence-electron chi connectivity index (χ1n) is 3.91. The highest BCUT2D eigenvalue weighted by molar-refractivity contribution is 5.21. The van der Waals surface area contributed by atoms with Crippen LogP contribution in [0.4, 0.5) is 17.6 Å². The molecule has 4 nitrogen and oxygen atoms in total. The molecule has 0 saturated carbocycles. The molecule has 0 atom stereocenters. The van der Waals surface area contributed by atoms with E-state index in [1.54, 1.807) is 0 Å². The summed E-state index contributed by atoms with van der Waals surface area (Å²) in [4.78, 5) is 7.36. The van der Waals surface area contributed by atoms with Gasteiger partial charge in [0.15, 0.2) is 0 Å². The number of nitrogens with zero attached hydrogens (tertiary/aromatic N) is 1. The molecule has 1 aromatic carbocycles. The van der Waals surface area contributed by atoms with Gasteiger partial charge in [0, 0.05) is 0 Å². The highest BCUT2D eigenvalue weighted by Gasteiger charge is 2.72. The van der Waals surface area contributed by atoms with Crippen LogP contribution in [0, 0.1) is 10.1 Å². The summed E-state index contributed by atoms with van der Waals surface area (Å²) >= 11 is 0. The van der Waals surface area contributed by atoms with Crippen molar-refractivity contribution in [2.45, 2.75) is 12.2 Å². The van der Waals surface area contributed by atoms with E-state index in [-0.39, 0.29) is 0 Å². The molecular weight excluding hydrogens is 234 g/mol. The van der Waals surface area contributed by atoms with Gasteiger partial charge in [-0.2, -0.15) is 8.78 Å². The second-order valence-electron chi connectivity index (χ2n) is 2.73. The summed E-state index contributed by atoms with van der Waals surface area (Å²) in [6, 6.07) is 0.429. The molecule has 0 aliphatic rings. The van der Waals surface area contributed by atoms with Gasteiger partial charge in [-0.1, -0.05) is 18.2 Å². The zero-order valence-electron chi connectivity index (χ0n) is 7.57. The van der Waals surface area contributed by atoms with Gasteiger partial charge in [0.05, 0.1) is 0 Å². The van der Waals surface area contributed by atoms with Crippen LogP contribution in [-0.2, 0) is 0 Å². The number of hydrogen-bond donors (Lipinski definition) is 0. The van der Waals surface area contributed by atoms with E-state index in [2.05, 4.69) is 4.74 Å². The van der Waals surface area contributed by atoms with Crippen LogP contribution in [0.15, 0.2) is 30.3 Å². The van der Waals surface area contributed by atoms with Crippen molar-refractivity contribution >= 4 is 0 Å². The lowest BCUT2D eigenvalue weighted by Crippen LogP contribution is -2.50. The first kappa shape index (κ1) is 12.2. The van der Waals surface area contributed by atoms with Gasteiger partial charge in [0.1, 0.15) is 10.7 Å². The largest absolute Gasteiger partial charge is 0.618 e. The molecular formula is C8H5F4NO3. The van der Waals surface area contributed by atoms with Crippen LogP contribution in [0.2, 0.25) is 0 Å². The van der Waals surface area contributed by atoms with E-state index in [1.165, 1.54) is 18.2 Å². The highest BCUT2D eigenvalue weighted by atomic mass is 19.3. The fourth-order valence-electron chi connectivity index (χ4n) is 0.804. The maximum Gasteiger partial charge on any atom is 0.618 e. The van der Waals surface area contributed by atoms with Crippen molar-refractivity contribution in [1.29, 1.82) is 0 Å². The summed E-state index contributed by atoms with van der Waals surface area (Å²) in [5, 5.41) is 9.75. The summed E-state index contributed by atoms with van der Waals surface area (Å²) in [6.07, 6.45) is -5.21. The van der Waals surface area contributed by atoms with E-state index in [9.17, 15) is 27.7 Å². The third-order valence-electron chi connectivity index (χ3n) is 1.57. The number of nitro groups is 1. The van der Waals surface area contributed by atoms with E-state index in [0.29, 0.717) is 0 Å². The molecule has 0 aliphatic carbocycles. The topological polar surface area (TPSA) is 52.4 Å². The monoisotopic (exact) mass is 239 g/mol. The van der Waals surface area contributed by atoms with E-state index in [0.717, 1.165) is 12.1 Å². The third kappa shape index (κ3) is 2.20. The van der Waals surface area contributed by atoms with Crippen molar-refractivity contribution in [3.05, 3.63) is 40.4 Å². The summed E-state index contributed by atoms with van der Waals surface area (Å²) in [6.45, 7) is 0. The van der Waals surface area contributed by atoms with Gasteiger partial charge >= 0.3 is 12.2 Å². The minimum atomic E-state index is -5.48. The maximum absolute atomic E-state index is 12.7. The molecule has 0 amide bonds. The average Bonchev–Trinajstić information content (AvgIpc) is 2.18. The second kappa shape index (κ2) is 3.95. The van der Waals surface area contributed by atoms with Crippen molar-refractivity contribution in [2.75, 3.05) is 0 Å². The lowest BCUT2D eigenvalue weighted by Gasteiger charge is -2.19. The Morgan fingerprint density at radius 2 is 1.62 bits per heavy atom. The second-order valence-corrected chi connectivity index (χ2v) is 2.73. The molecule has 0 aromatic heterocycles. The van der Waals surface area contributed by atoms with Crippen LogP contribution < -0.4 is 4.74 Å². The third-order valence-corrected chi connectivity index (χ3v) is 1.57. The van der Waals surface area contributed by atoms with Gasteiger partial charge in [-0.3, -0.25) is 10.1 Å². The van der Waals surface area contributed by atoms with Crippen LogP contribution in [0.3, 0.4) is 0 Å². The molecule has 16 heavy (non-hydrogen) atoms. The van der Waals surface area contributed by atoms with Crippen molar-refractivity contribution in [3.63, 3.8) is 0 Å². The normalized spacial score (nSPS) is 12.2. The molecule has 0 bridgehead atoms. The molecule has 0 heterocycles. The van der Waals surface area contributed by atoms with Crippen molar-refractivity contribution in [2.24, 2.45) is 0 Å². The van der Waals surface area contributed by atoms with Crippen LogP contribution in [0.1, 0.15) is 0 Å². The Kier molecular flexibility index (Phi) is 3.02. The first-order valence-corrected chi connectivity index (χ1v) is 3.91. The lowest BCUT2D eigenvalue weighted by molar-refractivity contribution is -0.690. The lowest BCUT2D eigenvalue weighted by atomic mass is 10.3. The van der Waals surface area contributed by atoms with Gasteiger partial charge in [-0.25, -0.2) is 0 Å². The predicted molar refractivity (Wildman–Crippen MR) is 44.0 cm³/mol. The Morgan fingerprint density at radius 3 is 2.06 bits per heavy atom. The van der Waals surface area contributed by atoms with E-state index in [4.69, 9.17) is 0 Å². The van der Waals surface area contributed by atoms with Crippen molar-refractivity contribution in [1.82, 2.24) is 0 Å². The average molecular weight is 239 g/mol. The standard InChI is InChI=1S/C8H5F4NO3/c9-7(10,13(14)15)8(11,12)16-6-4-2-1-3-5-6/h1-5H. The zero-order chi connectivity index (χ0) is 12.4. The molecule has 0 spiro atoms. The summed E-state index contributed by atoms with van der Waals surface area (Å²) < 4.78 is 53.9. The van der Waals surface area contributed by atoms with Gasteiger partial charge < -0.3 is 4.74 Å². The SMILES string of the molecule is O=[N+]([O-])C(F)(F)C(F)(F)Oc1ccccc1. The Balaban J connectivity index is 2.92. The number of rotatable bonds is 4. The maximum atomic E-state index is 12.7. The fraction of sp³-hybridized carbons (Fsp3) is 0.250. The first-order chi connectivity index (χ1) is 7.27. The molecule has 1 rings (SSSR count). The number of halogens is 4. The molecule has 0 saturated heterocycles. The van der Waals surface area contributed by atoms with Crippen LogP contribution >= 0.6 is 0 Å². The Morgan fingerprint density at radius 1 is 1.12 bits per heavy atom. The van der Waals surface area contributed by atoms with Crippen LogP contribution in [-0.4, -0.2) is 17.1 Å². The number of ether oxygens (including phenoxy) is 1. The van der Waals surface area contributed by atoms with Crippen molar-refractivity contribution in [3.8, 4) is 5.75 Å². The molecule has 0 N–H and O–H groups in total. The Bertz CT molecular complexity index is 382. The van der Waals surface area contributed by atoms with E-state index < -0.39 is 22.8 Å². The summed E-state index contributed by atoms with van der Waals surface area (Å²) in [5.41, 5.74) is 0. The van der Waals surface area contributed by atoms with Gasteiger partial charge in [0.25, 0.3) is 0 Å². The smallest absolute Gasteiger partial charge is 0.422 e. The van der Waals surface area contributed by atoms with Crippen LogP contribution in [0.5, 0.6) is 5.75 Å². The van der Waals surface area contributed by atoms with Crippen LogP contribution in [0.25, 0.3) is 0 Å². The predicted octanol–water partition coefficient (Wildman–Crippen LogP) is 2.53. The van der Waals surface area contributed by atoms with Gasteiger partial charge in [-0.15, -0.1) is 8.78 Å². The molecule has 88 valence electrons. The zero-order valence-corrected chi connectivity index (χ0v) is 7.57. The van der Waals surface area contributed by atoms with E-state index >= 15 is 0 Å². The molecule has 0 unspecified atom stereocenters. The molecule has 1 aromatic rings. The number of benzene rings is 1. The minimum absolute atomic E-state index is 0.589. The number of para-hydroxylation sites is 1. The van der Waals surface area contributed by atoms with Crippen molar-refractivity contribution < 1.29 is 27.2 Å². The Labute approximate surface area is 86.6 Å². The molecule has 0 aliphatic heterocycles. The molecule has 0 radical (unpaired) electrons. The summed E-state index contributed by atoms with van der Waals surface area (Å²) in [7, 11) is 0. The highest BCUT2D eigenvalue weighted by Crippen LogP contribution is 2.36. The molecule has 8 heteroatoms. The molecule has 0 fully saturated rings. The van der Waals surface area contributed by atoms with Gasteiger partial charge in [-0.05, 0) is 12.1 Å². The van der Waals surface area contributed by atoms with E-state index in [1.807, 2.05) is 0 Å². The van der Waals surface area contributed by atoms with Gasteiger partial charge in [0.2, 0.25) is 0 Å². The quantitative estimate of drug-likeness (QED) is 0.351. The fourth-order valence-corrected chi connectivity index (χ4v) is 0.804. The summed E-state index contributed by atoms with van der Waals surface area (Å²) in [5.74, 6) is -0.589. The minimum Gasteiger partial charge on any atom is -0.422 e. The number of hydrogen-bond acceptors (Lipinski definition) is 3.